The maximum absolute atomic E-state index is 12.6. The number of hydrogen-bond donors (Lipinski definition) is 1. The Hall–Kier alpha value is -0.570. The Morgan fingerprint density at radius 1 is 1.10 bits per heavy atom. The molecule has 0 aliphatic heterocycles. The van der Waals surface area contributed by atoms with Crippen LogP contribution in [0.25, 0.3) is 0 Å². The summed E-state index contributed by atoms with van der Waals surface area (Å²) in [5, 5.41) is 0. The molecule has 3 rings (SSSR count). The van der Waals surface area contributed by atoms with E-state index in [9.17, 15) is 4.79 Å². The third-order valence-electron chi connectivity index (χ3n) is 6.30. The van der Waals surface area contributed by atoms with Crippen LogP contribution in [-0.2, 0) is 4.79 Å². The van der Waals surface area contributed by atoms with Crippen LogP contribution in [0.1, 0.15) is 51.4 Å². The van der Waals surface area contributed by atoms with Crippen LogP contribution in [0.2, 0.25) is 0 Å². The summed E-state index contributed by atoms with van der Waals surface area (Å²) in [5.41, 5.74) is 5.73. The molecule has 20 heavy (non-hydrogen) atoms. The van der Waals surface area contributed by atoms with Gasteiger partial charge < -0.3 is 10.6 Å². The van der Waals surface area contributed by atoms with Gasteiger partial charge in [-0.1, -0.05) is 6.42 Å². The van der Waals surface area contributed by atoms with E-state index in [0.717, 1.165) is 56.5 Å². The minimum atomic E-state index is 0.279. The molecule has 3 unspecified atom stereocenters. The van der Waals surface area contributed by atoms with Crippen LogP contribution in [-0.4, -0.2) is 30.9 Å². The normalized spacial score (nSPS) is 40.0. The van der Waals surface area contributed by atoms with Crippen LogP contribution >= 0.6 is 0 Å². The summed E-state index contributed by atoms with van der Waals surface area (Å²) in [6.07, 6.45) is 10.1. The minimum Gasteiger partial charge on any atom is -0.345 e. The summed E-state index contributed by atoms with van der Waals surface area (Å²) in [6, 6.07) is 0. The third-order valence-corrected chi connectivity index (χ3v) is 6.30. The number of nitrogens with zero attached hydrogens (tertiary/aromatic N) is 1. The fraction of sp³-hybridized carbons (Fsp3) is 0.941. The van der Waals surface area contributed by atoms with Gasteiger partial charge in [0, 0.05) is 19.5 Å². The maximum atomic E-state index is 12.6. The highest BCUT2D eigenvalue weighted by atomic mass is 16.2. The maximum Gasteiger partial charge on any atom is 0.225 e. The van der Waals surface area contributed by atoms with Crippen molar-refractivity contribution in [3.8, 4) is 0 Å². The third kappa shape index (κ3) is 2.88. The lowest BCUT2D eigenvalue weighted by Gasteiger charge is -2.32. The van der Waals surface area contributed by atoms with Crippen LogP contribution in [0.3, 0.4) is 0 Å². The van der Waals surface area contributed by atoms with Gasteiger partial charge in [-0.05, 0) is 75.2 Å². The van der Waals surface area contributed by atoms with Crippen molar-refractivity contribution in [2.24, 2.45) is 35.3 Å². The number of carbonyl (C=O) groups is 1. The van der Waals surface area contributed by atoms with Crippen LogP contribution in [0, 0.1) is 29.6 Å². The molecule has 0 heterocycles. The molecular weight excluding hydrogens is 248 g/mol. The van der Waals surface area contributed by atoms with E-state index in [2.05, 4.69) is 4.90 Å². The monoisotopic (exact) mass is 278 g/mol. The van der Waals surface area contributed by atoms with Gasteiger partial charge in [0.15, 0.2) is 0 Å². The van der Waals surface area contributed by atoms with E-state index < -0.39 is 0 Å². The van der Waals surface area contributed by atoms with E-state index in [1.165, 1.54) is 25.7 Å². The van der Waals surface area contributed by atoms with Crippen LogP contribution in [0.5, 0.6) is 0 Å². The molecule has 3 atom stereocenters. The number of rotatable bonds is 4. The van der Waals surface area contributed by atoms with Crippen molar-refractivity contribution < 1.29 is 4.79 Å². The molecule has 0 aromatic carbocycles. The van der Waals surface area contributed by atoms with Gasteiger partial charge in [-0.15, -0.1) is 0 Å². The van der Waals surface area contributed by atoms with E-state index >= 15 is 0 Å². The van der Waals surface area contributed by atoms with Crippen molar-refractivity contribution in [3.05, 3.63) is 0 Å². The van der Waals surface area contributed by atoms with Gasteiger partial charge in [0.1, 0.15) is 0 Å². The molecule has 0 saturated heterocycles. The van der Waals surface area contributed by atoms with Crippen molar-refractivity contribution in [2.45, 2.75) is 51.4 Å². The van der Waals surface area contributed by atoms with E-state index in [1.807, 2.05) is 7.05 Å². The molecule has 2 N–H and O–H groups in total. The molecule has 3 aliphatic rings. The first kappa shape index (κ1) is 14.4. The first-order valence-corrected chi connectivity index (χ1v) is 8.62. The molecule has 0 radical (unpaired) electrons. The largest absolute Gasteiger partial charge is 0.345 e. The van der Waals surface area contributed by atoms with Crippen molar-refractivity contribution in [1.82, 2.24) is 4.90 Å². The van der Waals surface area contributed by atoms with Gasteiger partial charge in [0.2, 0.25) is 5.91 Å². The SMILES string of the molecule is CN(CC1CC2CCC1C2)C(=O)C1CCC(CN)CC1. The molecule has 3 fully saturated rings. The number of fused-ring (bicyclic) bond motifs is 2. The van der Waals surface area contributed by atoms with E-state index in [-0.39, 0.29) is 5.92 Å². The summed E-state index contributed by atoms with van der Waals surface area (Å²) in [6.45, 7) is 1.80. The van der Waals surface area contributed by atoms with Crippen LogP contribution < -0.4 is 5.73 Å². The standard InChI is InChI=1S/C17H30N2O/c1-19(11-16-9-13-4-7-15(16)8-13)17(20)14-5-2-12(10-18)3-6-14/h12-16H,2-11,18H2,1H3. The average molecular weight is 278 g/mol. The van der Waals surface area contributed by atoms with Gasteiger partial charge in [0.05, 0.1) is 0 Å². The zero-order valence-electron chi connectivity index (χ0n) is 12.9. The van der Waals surface area contributed by atoms with Crippen molar-refractivity contribution in [1.29, 1.82) is 0 Å². The van der Waals surface area contributed by atoms with Crippen molar-refractivity contribution in [3.63, 3.8) is 0 Å². The fourth-order valence-corrected chi connectivity index (χ4v) is 5.00. The fourth-order valence-electron chi connectivity index (χ4n) is 5.00. The first-order valence-electron chi connectivity index (χ1n) is 8.62. The number of amides is 1. The van der Waals surface area contributed by atoms with Crippen molar-refractivity contribution in [2.75, 3.05) is 20.1 Å². The van der Waals surface area contributed by atoms with Gasteiger partial charge >= 0.3 is 0 Å². The highest BCUT2D eigenvalue weighted by molar-refractivity contribution is 5.78. The van der Waals surface area contributed by atoms with E-state index in [1.54, 1.807) is 0 Å². The molecule has 0 spiro atoms. The molecule has 3 saturated carbocycles. The lowest BCUT2D eigenvalue weighted by molar-refractivity contribution is -0.136. The Balaban J connectivity index is 1.47. The van der Waals surface area contributed by atoms with Gasteiger partial charge in [-0.25, -0.2) is 0 Å². The predicted molar refractivity (Wildman–Crippen MR) is 81.1 cm³/mol. The Bertz CT molecular complexity index is 349. The number of carbonyl (C=O) groups excluding carboxylic acids is 1. The smallest absolute Gasteiger partial charge is 0.225 e. The molecule has 0 aromatic heterocycles. The zero-order valence-corrected chi connectivity index (χ0v) is 12.9. The summed E-state index contributed by atoms with van der Waals surface area (Å²) < 4.78 is 0. The molecule has 3 aliphatic carbocycles. The number of hydrogen-bond acceptors (Lipinski definition) is 2. The molecular formula is C17H30N2O. The van der Waals surface area contributed by atoms with Gasteiger partial charge in [0.25, 0.3) is 0 Å². The van der Waals surface area contributed by atoms with Crippen LogP contribution in [0.15, 0.2) is 0 Å². The highest BCUT2D eigenvalue weighted by Crippen LogP contribution is 2.48. The second-order valence-corrected chi connectivity index (χ2v) is 7.61. The summed E-state index contributed by atoms with van der Waals surface area (Å²) in [7, 11) is 2.03. The second kappa shape index (κ2) is 6.05. The molecule has 3 nitrogen and oxygen atoms in total. The van der Waals surface area contributed by atoms with Crippen LogP contribution in [0.4, 0.5) is 0 Å². The quantitative estimate of drug-likeness (QED) is 0.859. The Labute approximate surface area is 123 Å². The predicted octanol–water partition coefficient (Wildman–Crippen LogP) is 2.65. The molecule has 0 aromatic rings. The van der Waals surface area contributed by atoms with Gasteiger partial charge in [-0.2, -0.15) is 0 Å². The van der Waals surface area contributed by atoms with E-state index in [0.29, 0.717) is 11.8 Å². The second-order valence-electron chi connectivity index (χ2n) is 7.61. The summed E-state index contributed by atoms with van der Waals surface area (Å²) in [4.78, 5) is 14.6. The van der Waals surface area contributed by atoms with E-state index in [4.69, 9.17) is 5.73 Å². The highest BCUT2D eigenvalue weighted by Gasteiger charge is 2.40. The molecule has 1 amide bonds. The average Bonchev–Trinajstić information content (AvgIpc) is 3.09. The number of nitrogens with two attached hydrogens (primary N) is 1. The Morgan fingerprint density at radius 3 is 2.40 bits per heavy atom. The lowest BCUT2D eigenvalue weighted by atomic mass is 9.81. The molecule has 3 heteroatoms. The Kier molecular flexibility index (Phi) is 4.34. The zero-order chi connectivity index (χ0) is 14.1. The van der Waals surface area contributed by atoms with Gasteiger partial charge in [-0.3, -0.25) is 4.79 Å². The summed E-state index contributed by atoms with van der Waals surface area (Å²) in [5.74, 6) is 4.04. The lowest BCUT2D eigenvalue weighted by Crippen LogP contribution is -2.39. The minimum absolute atomic E-state index is 0.279. The van der Waals surface area contributed by atoms with Crippen molar-refractivity contribution >= 4 is 5.91 Å². The summed E-state index contributed by atoms with van der Waals surface area (Å²) >= 11 is 0. The molecule has 2 bridgehead atoms. The topological polar surface area (TPSA) is 46.3 Å². The Morgan fingerprint density at radius 2 is 1.85 bits per heavy atom. The molecule has 114 valence electrons. The first-order chi connectivity index (χ1) is 9.67.